The molecule has 3 N–H and O–H groups in total. The Kier molecular flexibility index (Phi) is 7.79. The third kappa shape index (κ3) is 8.15. The summed E-state index contributed by atoms with van der Waals surface area (Å²) in [7, 11) is 0. The van der Waals surface area contributed by atoms with Gasteiger partial charge in [0, 0.05) is 11.6 Å². The van der Waals surface area contributed by atoms with Gasteiger partial charge in [0.1, 0.15) is 0 Å². The maximum atomic E-state index is 12.0. The molecule has 0 fully saturated rings. The van der Waals surface area contributed by atoms with E-state index in [2.05, 4.69) is 22.9 Å². The van der Waals surface area contributed by atoms with Crippen LogP contribution < -0.4 is 16.0 Å². The van der Waals surface area contributed by atoms with Crippen LogP contribution in [-0.2, 0) is 9.59 Å². The number of nitrogens with one attached hydrogen (secondary N) is 3. The summed E-state index contributed by atoms with van der Waals surface area (Å²) in [5.74, 6) is -0.167. The minimum atomic E-state index is -0.406. The van der Waals surface area contributed by atoms with E-state index in [1.165, 1.54) is 0 Å². The smallest absolute Gasteiger partial charge is 0.237 e. The van der Waals surface area contributed by atoms with Crippen LogP contribution in [0.5, 0.6) is 0 Å². The standard InChI is InChI=1S/C15H31N3O2/c1-8-9-10(2)16-13(19)11(3)17-12(4)14(20)18-15(5,6)7/h10-12,17H,8-9H2,1-7H3,(H,16,19)(H,18,20). The lowest BCUT2D eigenvalue weighted by atomic mass is 10.1. The summed E-state index contributed by atoms with van der Waals surface area (Å²) in [6, 6.07) is -0.637. The molecule has 0 heterocycles. The summed E-state index contributed by atoms with van der Waals surface area (Å²) >= 11 is 0. The third-order valence-electron chi connectivity index (χ3n) is 2.90. The molecule has 5 heteroatoms. The monoisotopic (exact) mass is 285 g/mol. The van der Waals surface area contributed by atoms with Crippen LogP contribution in [0.2, 0.25) is 0 Å². The molecule has 0 bridgehead atoms. The van der Waals surface area contributed by atoms with Crippen molar-refractivity contribution in [2.75, 3.05) is 0 Å². The van der Waals surface area contributed by atoms with E-state index in [1.807, 2.05) is 27.7 Å². The maximum Gasteiger partial charge on any atom is 0.237 e. The highest BCUT2D eigenvalue weighted by Gasteiger charge is 2.23. The summed E-state index contributed by atoms with van der Waals surface area (Å²) in [5.41, 5.74) is -0.270. The van der Waals surface area contributed by atoms with Gasteiger partial charge in [-0.3, -0.25) is 14.9 Å². The molecule has 0 aromatic carbocycles. The lowest BCUT2D eigenvalue weighted by Crippen LogP contribution is -2.54. The van der Waals surface area contributed by atoms with Crippen LogP contribution in [0.1, 0.15) is 61.3 Å². The topological polar surface area (TPSA) is 70.2 Å². The predicted octanol–water partition coefficient (Wildman–Crippen LogP) is 1.57. The first kappa shape index (κ1) is 18.9. The van der Waals surface area contributed by atoms with Crippen LogP contribution in [0.15, 0.2) is 0 Å². The second-order valence-electron chi connectivity index (χ2n) is 6.55. The van der Waals surface area contributed by atoms with E-state index in [0.717, 1.165) is 12.8 Å². The molecule has 0 aliphatic carbocycles. The molecular weight excluding hydrogens is 254 g/mol. The largest absolute Gasteiger partial charge is 0.352 e. The second-order valence-corrected chi connectivity index (χ2v) is 6.55. The van der Waals surface area contributed by atoms with Crippen LogP contribution in [0.25, 0.3) is 0 Å². The van der Waals surface area contributed by atoms with Crippen molar-refractivity contribution < 1.29 is 9.59 Å². The van der Waals surface area contributed by atoms with Crippen LogP contribution in [-0.4, -0.2) is 35.5 Å². The van der Waals surface area contributed by atoms with E-state index in [0.29, 0.717) is 0 Å². The summed E-state index contributed by atoms with van der Waals surface area (Å²) in [6.45, 7) is 13.4. The van der Waals surface area contributed by atoms with E-state index in [1.54, 1.807) is 13.8 Å². The van der Waals surface area contributed by atoms with Crippen molar-refractivity contribution in [3.63, 3.8) is 0 Å². The molecule has 2 amide bonds. The van der Waals surface area contributed by atoms with Gasteiger partial charge in [-0.15, -0.1) is 0 Å². The number of hydrogen-bond acceptors (Lipinski definition) is 3. The normalized spacial score (nSPS) is 16.1. The molecule has 0 radical (unpaired) electrons. The Morgan fingerprint density at radius 3 is 1.95 bits per heavy atom. The van der Waals surface area contributed by atoms with Gasteiger partial charge in [-0.25, -0.2) is 0 Å². The van der Waals surface area contributed by atoms with Crippen molar-refractivity contribution in [1.29, 1.82) is 0 Å². The summed E-state index contributed by atoms with van der Waals surface area (Å²) in [5, 5.41) is 8.86. The van der Waals surface area contributed by atoms with E-state index >= 15 is 0 Å². The number of amides is 2. The minimum Gasteiger partial charge on any atom is -0.352 e. The number of rotatable bonds is 7. The average Bonchev–Trinajstić information content (AvgIpc) is 2.26. The van der Waals surface area contributed by atoms with Crippen molar-refractivity contribution in [2.45, 2.75) is 85.0 Å². The first-order chi connectivity index (χ1) is 9.06. The molecule has 0 aliphatic heterocycles. The highest BCUT2D eigenvalue weighted by atomic mass is 16.2. The lowest BCUT2D eigenvalue weighted by molar-refractivity contribution is -0.126. The Morgan fingerprint density at radius 1 is 1.00 bits per heavy atom. The van der Waals surface area contributed by atoms with Crippen LogP contribution in [0.3, 0.4) is 0 Å². The molecule has 0 aromatic rings. The van der Waals surface area contributed by atoms with Gasteiger partial charge in [-0.1, -0.05) is 13.3 Å². The fraction of sp³-hybridized carbons (Fsp3) is 0.867. The molecule has 3 atom stereocenters. The van der Waals surface area contributed by atoms with Gasteiger partial charge in [0.15, 0.2) is 0 Å². The molecule has 0 saturated carbocycles. The average molecular weight is 285 g/mol. The van der Waals surface area contributed by atoms with Gasteiger partial charge in [-0.2, -0.15) is 0 Å². The molecule has 5 nitrogen and oxygen atoms in total. The van der Waals surface area contributed by atoms with Crippen LogP contribution >= 0.6 is 0 Å². The first-order valence-corrected chi connectivity index (χ1v) is 7.45. The fourth-order valence-corrected chi connectivity index (χ4v) is 1.88. The summed E-state index contributed by atoms with van der Waals surface area (Å²) in [4.78, 5) is 23.9. The number of carbonyl (C=O) groups excluding carboxylic acids is 2. The third-order valence-corrected chi connectivity index (χ3v) is 2.90. The van der Waals surface area contributed by atoms with Gasteiger partial charge in [0.2, 0.25) is 11.8 Å². The van der Waals surface area contributed by atoms with Gasteiger partial charge >= 0.3 is 0 Å². The Balaban J connectivity index is 4.27. The van der Waals surface area contributed by atoms with E-state index < -0.39 is 12.1 Å². The Morgan fingerprint density at radius 2 is 1.50 bits per heavy atom. The summed E-state index contributed by atoms with van der Waals surface area (Å²) in [6.07, 6.45) is 1.99. The molecule has 3 unspecified atom stereocenters. The van der Waals surface area contributed by atoms with Gasteiger partial charge in [0.25, 0.3) is 0 Å². The highest BCUT2D eigenvalue weighted by molar-refractivity contribution is 5.85. The van der Waals surface area contributed by atoms with Gasteiger partial charge in [-0.05, 0) is 48.0 Å². The molecule has 0 saturated heterocycles. The van der Waals surface area contributed by atoms with Crippen LogP contribution in [0, 0.1) is 0 Å². The Labute approximate surface area is 123 Å². The molecule has 0 aromatic heterocycles. The van der Waals surface area contributed by atoms with Crippen molar-refractivity contribution in [2.24, 2.45) is 0 Å². The molecule has 20 heavy (non-hydrogen) atoms. The molecule has 0 spiro atoms. The molecule has 0 rings (SSSR count). The maximum absolute atomic E-state index is 12.0. The highest BCUT2D eigenvalue weighted by Crippen LogP contribution is 2.00. The van der Waals surface area contributed by atoms with Crippen molar-refractivity contribution in [1.82, 2.24) is 16.0 Å². The fourth-order valence-electron chi connectivity index (χ4n) is 1.88. The van der Waals surface area contributed by atoms with E-state index in [4.69, 9.17) is 0 Å². The number of carbonyl (C=O) groups is 2. The minimum absolute atomic E-state index is 0.0682. The second kappa shape index (κ2) is 8.25. The SMILES string of the molecule is CCCC(C)NC(=O)C(C)NC(C)C(=O)NC(C)(C)C. The zero-order chi connectivity index (χ0) is 15.9. The van der Waals surface area contributed by atoms with Gasteiger partial charge < -0.3 is 10.6 Å². The van der Waals surface area contributed by atoms with Gasteiger partial charge in [0.05, 0.1) is 12.1 Å². The number of hydrogen-bond donors (Lipinski definition) is 3. The predicted molar refractivity (Wildman–Crippen MR) is 82.5 cm³/mol. The molecule has 118 valence electrons. The Bertz CT molecular complexity index is 324. The lowest BCUT2D eigenvalue weighted by Gasteiger charge is -2.25. The van der Waals surface area contributed by atoms with E-state index in [-0.39, 0.29) is 23.4 Å². The van der Waals surface area contributed by atoms with E-state index in [9.17, 15) is 9.59 Å². The molecule has 0 aliphatic rings. The van der Waals surface area contributed by atoms with Crippen molar-refractivity contribution in [3.05, 3.63) is 0 Å². The summed E-state index contributed by atoms with van der Waals surface area (Å²) < 4.78 is 0. The van der Waals surface area contributed by atoms with Crippen molar-refractivity contribution in [3.8, 4) is 0 Å². The zero-order valence-electron chi connectivity index (χ0n) is 14.0. The molecular formula is C15H31N3O2. The quantitative estimate of drug-likeness (QED) is 0.665. The first-order valence-electron chi connectivity index (χ1n) is 7.45. The van der Waals surface area contributed by atoms with Crippen molar-refractivity contribution >= 4 is 11.8 Å². The van der Waals surface area contributed by atoms with Crippen LogP contribution in [0.4, 0.5) is 0 Å². The Hall–Kier alpha value is -1.10. The zero-order valence-corrected chi connectivity index (χ0v) is 14.0.